The molecule has 0 spiro atoms. The van der Waals surface area contributed by atoms with E-state index < -0.39 is 5.60 Å². The minimum absolute atomic E-state index is 0.118. The summed E-state index contributed by atoms with van der Waals surface area (Å²) < 4.78 is 0. The third kappa shape index (κ3) is 2.91. The molecule has 3 nitrogen and oxygen atoms in total. The first-order valence-corrected chi connectivity index (χ1v) is 6.48. The number of nitrogens with zero attached hydrogens (tertiary/aromatic N) is 1. The molecule has 2 rings (SSSR count). The number of rotatable bonds is 4. The molecule has 3 heteroatoms. The van der Waals surface area contributed by atoms with Crippen LogP contribution >= 0.6 is 0 Å². The molecule has 0 aliphatic carbocycles. The van der Waals surface area contributed by atoms with Crippen molar-refractivity contribution in [1.29, 1.82) is 0 Å². The zero-order chi connectivity index (χ0) is 13.3. The molecule has 98 valence electrons. The van der Waals surface area contributed by atoms with E-state index in [2.05, 4.69) is 4.90 Å². The molecule has 1 aliphatic heterocycles. The van der Waals surface area contributed by atoms with Gasteiger partial charge < -0.3 is 10.0 Å². The van der Waals surface area contributed by atoms with E-state index >= 15 is 0 Å². The van der Waals surface area contributed by atoms with Gasteiger partial charge in [-0.3, -0.25) is 4.79 Å². The van der Waals surface area contributed by atoms with E-state index in [4.69, 9.17) is 0 Å². The smallest absolute Gasteiger partial charge is 0.159 e. The lowest BCUT2D eigenvalue weighted by Crippen LogP contribution is -2.29. The fraction of sp³-hybridized carbons (Fsp3) is 0.533. The molecule has 0 radical (unpaired) electrons. The summed E-state index contributed by atoms with van der Waals surface area (Å²) in [5.74, 6) is 0.118. The van der Waals surface area contributed by atoms with Crippen LogP contribution in [0.15, 0.2) is 18.2 Å². The van der Waals surface area contributed by atoms with Gasteiger partial charge in [0.25, 0.3) is 0 Å². The van der Waals surface area contributed by atoms with Gasteiger partial charge >= 0.3 is 0 Å². The van der Waals surface area contributed by atoms with Crippen LogP contribution in [0.25, 0.3) is 0 Å². The van der Waals surface area contributed by atoms with Gasteiger partial charge in [0.2, 0.25) is 0 Å². The van der Waals surface area contributed by atoms with E-state index in [0.29, 0.717) is 0 Å². The Morgan fingerprint density at radius 1 is 1.44 bits per heavy atom. The number of fused-ring (bicyclic) bond motifs is 1. The minimum atomic E-state index is -0.623. The normalized spacial score (nSPS) is 14.8. The molecule has 1 aromatic carbocycles. The molecule has 1 aliphatic rings. The summed E-state index contributed by atoms with van der Waals surface area (Å²) in [7, 11) is 0. The van der Waals surface area contributed by atoms with Gasteiger partial charge in [0.1, 0.15) is 0 Å². The Hall–Kier alpha value is -1.35. The zero-order valence-corrected chi connectivity index (χ0v) is 11.4. The first kappa shape index (κ1) is 13.1. The number of carbonyl (C=O) groups excluding carboxylic acids is 1. The van der Waals surface area contributed by atoms with E-state index in [1.165, 1.54) is 11.3 Å². The van der Waals surface area contributed by atoms with Crippen LogP contribution in [0.5, 0.6) is 0 Å². The molecule has 1 aromatic rings. The molecule has 0 atom stereocenters. The second-order valence-corrected chi connectivity index (χ2v) is 5.70. The van der Waals surface area contributed by atoms with Crippen LogP contribution in [0.3, 0.4) is 0 Å². The lowest BCUT2D eigenvalue weighted by Gasteiger charge is -2.24. The molecule has 0 saturated carbocycles. The highest BCUT2D eigenvalue weighted by atomic mass is 16.3. The molecule has 1 N–H and O–H groups in total. The van der Waals surface area contributed by atoms with Crippen molar-refractivity contribution >= 4 is 11.5 Å². The van der Waals surface area contributed by atoms with Gasteiger partial charge in [0.15, 0.2) is 5.78 Å². The third-order valence-corrected chi connectivity index (χ3v) is 3.47. The Labute approximate surface area is 108 Å². The number of hydrogen-bond acceptors (Lipinski definition) is 3. The molecule has 0 fully saturated rings. The highest BCUT2D eigenvalue weighted by Crippen LogP contribution is 2.29. The molecule has 0 bridgehead atoms. The largest absolute Gasteiger partial charge is 0.390 e. The van der Waals surface area contributed by atoms with Crippen molar-refractivity contribution in [2.24, 2.45) is 0 Å². The summed E-state index contributed by atoms with van der Waals surface area (Å²) in [5.41, 5.74) is 2.63. The first-order valence-electron chi connectivity index (χ1n) is 6.48. The predicted molar refractivity (Wildman–Crippen MR) is 73.3 cm³/mol. The zero-order valence-electron chi connectivity index (χ0n) is 11.4. The second kappa shape index (κ2) is 4.73. The van der Waals surface area contributed by atoms with Crippen molar-refractivity contribution in [3.05, 3.63) is 29.3 Å². The van der Waals surface area contributed by atoms with Crippen LogP contribution in [-0.4, -0.2) is 29.6 Å². The lowest BCUT2D eigenvalue weighted by molar-refractivity contribution is 0.0732. The Bertz CT molecular complexity index is 460. The minimum Gasteiger partial charge on any atom is -0.390 e. The SMILES string of the molecule is CC(=O)c1ccc2c(c1)CCN2CCC(C)(C)O. The van der Waals surface area contributed by atoms with Crippen LogP contribution in [0.2, 0.25) is 0 Å². The van der Waals surface area contributed by atoms with Crippen LogP contribution in [-0.2, 0) is 6.42 Å². The average molecular weight is 247 g/mol. The number of anilines is 1. The molecule has 0 saturated heterocycles. The fourth-order valence-corrected chi connectivity index (χ4v) is 2.33. The Kier molecular flexibility index (Phi) is 3.44. The summed E-state index contributed by atoms with van der Waals surface area (Å²) in [5, 5.41) is 9.77. The molecule has 0 amide bonds. The highest BCUT2D eigenvalue weighted by molar-refractivity contribution is 5.94. The predicted octanol–water partition coefficient (Wildman–Crippen LogP) is 2.41. The van der Waals surface area contributed by atoms with Crippen molar-refractivity contribution in [2.45, 2.75) is 39.2 Å². The maximum Gasteiger partial charge on any atom is 0.159 e. The Morgan fingerprint density at radius 2 is 2.17 bits per heavy atom. The number of benzene rings is 1. The van der Waals surface area contributed by atoms with Gasteiger partial charge in [0, 0.05) is 24.3 Å². The highest BCUT2D eigenvalue weighted by Gasteiger charge is 2.22. The van der Waals surface area contributed by atoms with Crippen molar-refractivity contribution in [1.82, 2.24) is 0 Å². The summed E-state index contributed by atoms with van der Waals surface area (Å²) in [6, 6.07) is 5.93. The van der Waals surface area contributed by atoms with Gasteiger partial charge in [-0.25, -0.2) is 0 Å². The van der Waals surface area contributed by atoms with Gasteiger partial charge in [-0.15, -0.1) is 0 Å². The monoisotopic (exact) mass is 247 g/mol. The van der Waals surface area contributed by atoms with Crippen molar-refractivity contribution < 1.29 is 9.90 Å². The standard InChI is InChI=1S/C15H21NO2/c1-11(17)12-4-5-14-13(10-12)6-8-16(14)9-7-15(2,3)18/h4-5,10,18H,6-9H2,1-3H3. The number of Topliss-reactive ketones (excluding diaryl/α,β-unsaturated/α-hetero) is 1. The fourth-order valence-electron chi connectivity index (χ4n) is 2.33. The van der Waals surface area contributed by atoms with Crippen LogP contribution in [0.4, 0.5) is 5.69 Å². The van der Waals surface area contributed by atoms with Crippen LogP contribution in [0, 0.1) is 0 Å². The van der Waals surface area contributed by atoms with Gasteiger partial charge in [-0.1, -0.05) is 0 Å². The van der Waals surface area contributed by atoms with Crippen molar-refractivity contribution in [2.75, 3.05) is 18.0 Å². The van der Waals surface area contributed by atoms with Crippen LogP contribution in [0.1, 0.15) is 43.1 Å². The molecular weight excluding hydrogens is 226 g/mol. The lowest BCUT2D eigenvalue weighted by atomic mass is 10.0. The second-order valence-electron chi connectivity index (χ2n) is 5.70. The third-order valence-electron chi connectivity index (χ3n) is 3.47. The van der Waals surface area contributed by atoms with E-state index in [1.54, 1.807) is 6.92 Å². The molecule has 1 heterocycles. The molecule has 18 heavy (non-hydrogen) atoms. The topological polar surface area (TPSA) is 40.5 Å². The summed E-state index contributed by atoms with van der Waals surface area (Å²) in [6.07, 6.45) is 1.74. The van der Waals surface area contributed by atoms with E-state index in [9.17, 15) is 9.90 Å². The van der Waals surface area contributed by atoms with E-state index in [0.717, 1.165) is 31.5 Å². The number of aliphatic hydroxyl groups is 1. The first-order chi connectivity index (χ1) is 8.37. The molecular formula is C15H21NO2. The molecule has 0 aromatic heterocycles. The van der Waals surface area contributed by atoms with Crippen molar-refractivity contribution in [3.63, 3.8) is 0 Å². The summed E-state index contributed by atoms with van der Waals surface area (Å²) in [4.78, 5) is 13.6. The number of hydrogen-bond donors (Lipinski definition) is 1. The van der Waals surface area contributed by atoms with Gasteiger partial charge in [-0.2, -0.15) is 0 Å². The average Bonchev–Trinajstić information content (AvgIpc) is 2.67. The van der Waals surface area contributed by atoms with Crippen LogP contribution < -0.4 is 4.90 Å². The van der Waals surface area contributed by atoms with E-state index in [1.807, 2.05) is 32.0 Å². The van der Waals surface area contributed by atoms with E-state index in [-0.39, 0.29) is 5.78 Å². The van der Waals surface area contributed by atoms with Crippen molar-refractivity contribution in [3.8, 4) is 0 Å². The summed E-state index contributed by atoms with van der Waals surface area (Å²) >= 11 is 0. The Balaban J connectivity index is 2.12. The summed E-state index contributed by atoms with van der Waals surface area (Å²) in [6.45, 7) is 7.11. The molecule has 0 unspecified atom stereocenters. The van der Waals surface area contributed by atoms with Gasteiger partial charge in [0.05, 0.1) is 5.60 Å². The van der Waals surface area contributed by atoms with Gasteiger partial charge in [-0.05, 0) is 57.4 Å². The number of carbonyl (C=O) groups is 1. The maximum atomic E-state index is 11.3. The number of ketones is 1. The maximum absolute atomic E-state index is 11.3. The Morgan fingerprint density at radius 3 is 2.78 bits per heavy atom. The quantitative estimate of drug-likeness (QED) is 0.831.